The number of aliphatic imine (C=N–C) groups is 1. The van der Waals surface area contributed by atoms with Gasteiger partial charge in [0.2, 0.25) is 0 Å². The van der Waals surface area contributed by atoms with E-state index in [1.807, 2.05) is 37.3 Å². The summed E-state index contributed by atoms with van der Waals surface area (Å²) in [5, 5.41) is 13.8. The molecule has 1 atom stereocenters. The van der Waals surface area contributed by atoms with Crippen molar-refractivity contribution in [3.05, 3.63) is 58.3 Å². The topological polar surface area (TPSA) is 147 Å². The highest BCUT2D eigenvalue weighted by Gasteiger charge is 2.07. The van der Waals surface area contributed by atoms with Gasteiger partial charge in [0.1, 0.15) is 5.65 Å². The highest BCUT2D eigenvalue weighted by molar-refractivity contribution is 5.76. The van der Waals surface area contributed by atoms with E-state index in [-0.39, 0.29) is 18.2 Å². The van der Waals surface area contributed by atoms with Crippen molar-refractivity contribution in [1.29, 1.82) is 0 Å². The monoisotopic (exact) mass is 441 g/mol. The summed E-state index contributed by atoms with van der Waals surface area (Å²) < 4.78 is 1.52. The fourth-order valence-electron chi connectivity index (χ4n) is 3.10. The van der Waals surface area contributed by atoms with Crippen molar-refractivity contribution < 1.29 is 5.11 Å². The third kappa shape index (κ3) is 7.82. The number of aromatic nitrogens is 3. The smallest absolute Gasteiger partial charge is 0.354 e. The molecule has 174 valence electrons. The van der Waals surface area contributed by atoms with Crippen molar-refractivity contribution in [3.8, 4) is 5.69 Å². The Kier molecular flexibility index (Phi) is 9.90. The van der Waals surface area contributed by atoms with E-state index < -0.39 is 6.10 Å². The van der Waals surface area contributed by atoms with Gasteiger partial charge in [-0.1, -0.05) is 45.2 Å². The van der Waals surface area contributed by atoms with E-state index in [0.717, 1.165) is 22.3 Å². The van der Waals surface area contributed by atoms with E-state index in [9.17, 15) is 9.90 Å². The lowest BCUT2D eigenvalue weighted by Gasteiger charge is -2.10. The maximum absolute atomic E-state index is 12.2. The Morgan fingerprint density at radius 1 is 1.25 bits per heavy atom. The van der Waals surface area contributed by atoms with Crippen LogP contribution in [0.15, 0.2) is 46.3 Å². The number of hydrogen-bond donors (Lipinski definition) is 5. The zero-order chi connectivity index (χ0) is 23.5. The third-order valence-electron chi connectivity index (χ3n) is 4.76. The largest absolute Gasteiger partial charge is 0.390 e. The molecule has 0 aliphatic rings. The van der Waals surface area contributed by atoms with Crippen LogP contribution in [0.25, 0.3) is 16.7 Å². The Hall–Kier alpha value is -3.17. The van der Waals surface area contributed by atoms with Gasteiger partial charge in [-0.25, -0.2) is 4.79 Å². The van der Waals surface area contributed by atoms with Crippen molar-refractivity contribution in [2.24, 2.45) is 16.5 Å². The van der Waals surface area contributed by atoms with Crippen molar-refractivity contribution in [3.63, 3.8) is 0 Å². The Morgan fingerprint density at radius 3 is 2.53 bits per heavy atom. The number of guanidine groups is 1. The third-order valence-corrected chi connectivity index (χ3v) is 4.76. The lowest BCUT2D eigenvalue weighted by Crippen LogP contribution is -2.31. The molecule has 2 aromatic heterocycles. The zero-order valence-electron chi connectivity index (χ0n) is 19.1. The molecule has 3 rings (SSSR count). The van der Waals surface area contributed by atoms with E-state index in [2.05, 4.69) is 34.1 Å². The van der Waals surface area contributed by atoms with Crippen LogP contribution < -0.4 is 22.5 Å². The second kappa shape index (κ2) is 12.6. The van der Waals surface area contributed by atoms with Crippen molar-refractivity contribution in [2.45, 2.75) is 52.7 Å². The van der Waals surface area contributed by atoms with Crippen LogP contribution in [0.1, 0.15) is 44.4 Å². The van der Waals surface area contributed by atoms with Gasteiger partial charge in [0.05, 0.1) is 18.3 Å². The first-order valence-corrected chi connectivity index (χ1v) is 11.0. The molecule has 0 amide bonds. The minimum absolute atomic E-state index is 0.0395. The fourth-order valence-corrected chi connectivity index (χ4v) is 3.10. The minimum Gasteiger partial charge on any atom is -0.390 e. The first-order valence-electron chi connectivity index (χ1n) is 11.0. The summed E-state index contributed by atoms with van der Waals surface area (Å²) in [6.45, 7) is 7.44. The summed E-state index contributed by atoms with van der Waals surface area (Å²) >= 11 is 0. The number of aliphatic hydroxyl groups excluding tert-OH is 1. The Bertz CT molecular complexity index is 1050. The van der Waals surface area contributed by atoms with Gasteiger partial charge in [-0.05, 0) is 30.7 Å². The molecule has 0 fully saturated rings. The summed E-state index contributed by atoms with van der Waals surface area (Å²) in [7, 11) is 0. The first kappa shape index (κ1) is 25.1. The molecule has 0 bridgehead atoms. The summed E-state index contributed by atoms with van der Waals surface area (Å²) in [5.41, 5.74) is 13.4. The van der Waals surface area contributed by atoms with Gasteiger partial charge in [0.25, 0.3) is 0 Å². The highest BCUT2D eigenvalue weighted by atomic mass is 16.3. The molecule has 2 heterocycles. The highest BCUT2D eigenvalue weighted by Crippen LogP contribution is 2.13. The predicted octanol–water partition coefficient (Wildman–Crippen LogP) is 1.94. The molecule has 1 aromatic carbocycles. The standard InChI is InChI=1S/C18H23N7O2.C5H12/c1-11-6-13-10-25(18(27)24-16(13)23-11)14-4-2-12(3-5-14)7-21-8-15(26)9-22-17(19)20;1-3-5-4-2/h2-6,10,15,21,26H,7-9H2,1H3,(H4,19,20,22)(H,23,24,27);3-5H2,1-2H3. The van der Waals surface area contributed by atoms with Crippen LogP contribution >= 0.6 is 0 Å². The van der Waals surface area contributed by atoms with Crippen LogP contribution in [0.3, 0.4) is 0 Å². The SMILES string of the molecule is CCCCC.Cc1cc2cn(-c3ccc(CNCC(O)CN=C(N)N)cc3)c(=O)nc2[nH]1. The predicted molar refractivity (Wildman–Crippen MR) is 130 cm³/mol. The molecule has 1 unspecified atom stereocenters. The zero-order valence-corrected chi connectivity index (χ0v) is 19.1. The molecule has 0 saturated heterocycles. The van der Waals surface area contributed by atoms with Crippen molar-refractivity contribution in [1.82, 2.24) is 19.9 Å². The lowest BCUT2D eigenvalue weighted by atomic mass is 10.2. The van der Waals surface area contributed by atoms with E-state index >= 15 is 0 Å². The molecule has 0 radical (unpaired) electrons. The number of aryl methyl sites for hydroxylation is 1. The van der Waals surface area contributed by atoms with Crippen LogP contribution in [0, 0.1) is 6.92 Å². The molecule has 3 aromatic rings. The maximum atomic E-state index is 12.2. The van der Waals surface area contributed by atoms with Gasteiger partial charge in [-0.2, -0.15) is 4.98 Å². The van der Waals surface area contributed by atoms with E-state index in [4.69, 9.17) is 11.5 Å². The average Bonchev–Trinajstić information content (AvgIpc) is 3.12. The summed E-state index contributed by atoms with van der Waals surface area (Å²) in [5.74, 6) is -0.0395. The average molecular weight is 442 g/mol. The Morgan fingerprint density at radius 2 is 1.94 bits per heavy atom. The lowest BCUT2D eigenvalue weighted by molar-refractivity contribution is 0.180. The number of nitrogens with two attached hydrogens (primary N) is 2. The van der Waals surface area contributed by atoms with Gasteiger partial charge in [-0.15, -0.1) is 0 Å². The first-order chi connectivity index (χ1) is 15.3. The normalized spacial score (nSPS) is 11.6. The van der Waals surface area contributed by atoms with Crippen molar-refractivity contribution >= 4 is 17.0 Å². The number of aliphatic hydroxyl groups is 1. The number of aromatic amines is 1. The molecule has 0 aliphatic heterocycles. The number of nitrogens with zero attached hydrogens (tertiary/aromatic N) is 3. The van der Waals surface area contributed by atoms with Crippen LogP contribution in [0.4, 0.5) is 0 Å². The van der Waals surface area contributed by atoms with Gasteiger partial charge in [0.15, 0.2) is 5.96 Å². The molecule has 0 spiro atoms. The molecule has 7 N–H and O–H groups in total. The van der Waals surface area contributed by atoms with Crippen LogP contribution in [0.2, 0.25) is 0 Å². The number of unbranched alkanes of at least 4 members (excludes halogenated alkanes) is 2. The van der Waals surface area contributed by atoms with Gasteiger partial charge >= 0.3 is 5.69 Å². The molecular weight excluding hydrogens is 406 g/mol. The van der Waals surface area contributed by atoms with Crippen LogP contribution in [0.5, 0.6) is 0 Å². The summed E-state index contributed by atoms with van der Waals surface area (Å²) in [6, 6.07) is 9.51. The van der Waals surface area contributed by atoms with Crippen LogP contribution in [-0.4, -0.2) is 44.8 Å². The Balaban J connectivity index is 0.000000654. The van der Waals surface area contributed by atoms with E-state index in [1.54, 1.807) is 6.20 Å². The van der Waals surface area contributed by atoms with E-state index in [1.165, 1.54) is 23.8 Å². The fraction of sp³-hybridized carbons (Fsp3) is 0.435. The number of H-pyrrole nitrogens is 1. The number of rotatable bonds is 9. The quantitative estimate of drug-likeness (QED) is 0.253. The summed E-state index contributed by atoms with van der Waals surface area (Å²) in [4.78, 5) is 23.2. The molecule has 9 heteroatoms. The van der Waals surface area contributed by atoms with Gasteiger partial charge < -0.3 is 26.9 Å². The summed E-state index contributed by atoms with van der Waals surface area (Å²) in [6.07, 6.45) is 5.20. The van der Waals surface area contributed by atoms with Crippen LogP contribution in [-0.2, 0) is 6.54 Å². The molecule has 0 saturated carbocycles. The van der Waals surface area contributed by atoms with Gasteiger partial charge in [0, 0.05) is 30.4 Å². The number of nitrogens with one attached hydrogen (secondary N) is 2. The number of fused-ring (bicyclic) bond motifs is 1. The maximum Gasteiger partial charge on any atom is 0.354 e. The second-order valence-electron chi connectivity index (χ2n) is 7.72. The Labute approximate surface area is 188 Å². The minimum atomic E-state index is -0.660. The molecule has 32 heavy (non-hydrogen) atoms. The van der Waals surface area contributed by atoms with Gasteiger partial charge in [-0.3, -0.25) is 9.56 Å². The molecular formula is C23H35N7O2. The molecule has 9 nitrogen and oxygen atoms in total. The van der Waals surface area contributed by atoms with Crippen molar-refractivity contribution in [2.75, 3.05) is 13.1 Å². The molecule has 0 aliphatic carbocycles. The number of benzene rings is 1. The van der Waals surface area contributed by atoms with E-state index in [0.29, 0.717) is 18.7 Å². The second-order valence-corrected chi connectivity index (χ2v) is 7.72. The number of hydrogen-bond acceptors (Lipinski definition) is 5.